The van der Waals surface area contributed by atoms with Crippen LogP contribution in [0.5, 0.6) is 0 Å². The number of aromatic nitrogens is 1. The number of nitrogens with zero attached hydrogens (tertiary/aromatic N) is 2. The average molecular weight is 417 g/mol. The first-order valence-electron chi connectivity index (χ1n) is 10.1. The van der Waals surface area contributed by atoms with E-state index in [-0.39, 0.29) is 11.3 Å². The second kappa shape index (κ2) is 7.27. The van der Waals surface area contributed by atoms with Crippen molar-refractivity contribution in [2.24, 2.45) is 5.41 Å². The predicted molar refractivity (Wildman–Crippen MR) is 101 cm³/mol. The van der Waals surface area contributed by atoms with Crippen molar-refractivity contribution in [2.75, 3.05) is 24.6 Å². The van der Waals surface area contributed by atoms with Crippen LogP contribution in [-0.2, 0) is 16.0 Å². The molecule has 3 aliphatic rings. The third kappa shape index (κ3) is 4.22. The lowest BCUT2D eigenvalue weighted by molar-refractivity contribution is -0.137. The molecule has 0 unspecified atom stereocenters. The van der Waals surface area contributed by atoms with Gasteiger partial charge in [0, 0.05) is 30.4 Å². The number of pyridine rings is 1. The molecule has 28 heavy (non-hydrogen) atoms. The van der Waals surface area contributed by atoms with Gasteiger partial charge in [0.1, 0.15) is 9.84 Å². The highest BCUT2D eigenvalue weighted by molar-refractivity contribution is 7.91. The number of sulfone groups is 1. The normalized spacial score (nSPS) is 30.5. The predicted octanol–water partition coefficient (Wildman–Crippen LogP) is 4.03. The lowest BCUT2D eigenvalue weighted by Gasteiger charge is -2.37. The quantitative estimate of drug-likeness (QED) is 0.731. The Balaban J connectivity index is 1.31. The van der Waals surface area contributed by atoms with Gasteiger partial charge in [-0.1, -0.05) is 0 Å². The minimum absolute atomic E-state index is 0.178. The highest BCUT2D eigenvalue weighted by Crippen LogP contribution is 2.44. The first kappa shape index (κ1) is 20.1. The third-order valence-electron chi connectivity index (χ3n) is 7.10. The Morgan fingerprint density at radius 2 is 1.71 bits per heavy atom. The monoisotopic (exact) mass is 416 g/mol. The largest absolute Gasteiger partial charge is 0.417 e. The molecule has 0 radical (unpaired) electrons. The standard InChI is InChI=1S/C20H27F3N2O2S/c21-20(22,23)16-3-6-18(24-13-16)15-1-4-17(5-2-15)25-10-7-19(14-25)8-11-28(26,27)12-9-19/h3,6,13,15,17H,1-2,4-5,7-12,14H2/t15-,17-. The van der Waals surface area contributed by atoms with E-state index in [4.69, 9.17) is 0 Å². The summed E-state index contributed by atoms with van der Waals surface area (Å²) < 4.78 is 61.6. The van der Waals surface area contributed by atoms with Crippen LogP contribution in [0.2, 0.25) is 0 Å². The zero-order valence-electron chi connectivity index (χ0n) is 15.9. The third-order valence-corrected chi connectivity index (χ3v) is 8.75. The van der Waals surface area contributed by atoms with Crippen molar-refractivity contribution in [1.29, 1.82) is 0 Å². The van der Waals surface area contributed by atoms with Gasteiger partial charge in [-0.05, 0) is 69.0 Å². The van der Waals surface area contributed by atoms with Gasteiger partial charge in [0.15, 0.2) is 0 Å². The van der Waals surface area contributed by atoms with Crippen molar-refractivity contribution in [3.05, 3.63) is 29.6 Å². The summed E-state index contributed by atoms with van der Waals surface area (Å²) in [5, 5.41) is 0. The fourth-order valence-electron chi connectivity index (χ4n) is 5.21. The van der Waals surface area contributed by atoms with E-state index in [1.807, 2.05) is 0 Å². The van der Waals surface area contributed by atoms with Crippen molar-refractivity contribution in [1.82, 2.24) is 9.88 Å². The summed E-state index contributed by atoms with van der Waals surface area (Å²) in [6.07, 6.45) is 3.22. The molecule has 4 nitrogen and oxygen atoms in total. The molecule has 1 aromatic heterocycles. The summed E-state index contributed by atoms with van der Waals surface area (Å²) in [5.74, 6) is 0.885. The first-order chi connectivity index (χ1) is 13.2. The Hall–Kier alpha value is -1.15. The molecule has 1 saturated carbocycles. The lowest BCUT2D eigenvalue weighted by atomic mass is 9.80. The van der Waals surface area contributed by atoms with Crippen molar-refractivity contribution in [3.8, 4) is 0 Å². The van der Waals surface area contributed by atoms with Gasteiger partial charge in [0.25, 0.3) is 0 Å². The maximum absolute atomic E-state index is 12.7. The summed E-state index contributed by atoms with van der Waals surface area (Å²) in [7, 11) is -2.83. The highest BCUT2D eigenvalue weighted by Gasteiger charge is 2.44. The van der Waals surface area contributed by atoms with E-state index in [1.165, 1.54) is 6.07 Å². The SMILES string of the molecule is O=S1(=O)CCC2(CCN([C@H]3CC[C@H](c4ccc(C(F)(F)F)cn4)CC3)C2)CC1. The van der Waals surface area contributed by atoms with Gasteiger partial charge in [0.2, 0.25) is 0 Å². The summed E-state index contributed by atoms with van der Waals surface area (Å²) in [6.45, 7) is 2.03. The van der Waals surface area contributed by atoms with E-state index < -0.39 is 21.6 Å². The lowest BCUT2D eigenvalue weighted by Crippen LogP contribution is -2.40. The van der Waals surface area contributed by atoms with Crippen molar-refractivity contribution in [2.45, 2.75) is 63.1 Å². The van der Waals surface area contributed by atoms with Gasteiger partial charge in [-0.15, -0.1) is 0 Å². The number of hydrogen-bond acceptors (Lipinski definition) is 4. The fourth-order valence-corrected chi connectivity index (χ4v) is 6.90. The molecule has 3 fully saturated rings. The van der Waals surface area contributed by atoms with Crippen molar-refractivity contribution < 1.29 is 21.6 Å². The molecule has 0 bridgehead atoms. The molecule has 156 valence electrons. The van der Waals surface area contributed by atoms with Crippen LogP contribution in [0.15, 0.2) is 18.3 Å². The molecule has 0 atom stereocenters. The molecule has 3 heterocycles. The topological polar surface area (TPSA) is 50.3 Å². The summed E-state index contributed by atoms with van der Waals surface area (Å²) in [6, 6.07) is 3.17. The van der Waals surface area contributed by atoms with Gasteiger partial charge in [0.05, 0.1) is 17.1 Å². The average Bonchev–Trinajstić information content (AvgIpc) is 3.09. The van der Waals surface area contributed by atoms with Gasteiger partial charge >= 0.3 is 6.18 Å². The van der Waals surface area contributed by atoms with E-state index in [1.54, 1.807) is 0 Å². The number of alkyl halides is 3. The van der Waals surface area contributed by atoms with Crippen LogP contribution in [0.3, 0.4) is 0 Å². The summed E-state index contributed by atoms with van der Waals surface area (Å²) in [5.41, 5.74) is 0.251. The van der Waals surface area contributed by atoms with Crippen LogP contribution in [0, 0.1) is 5.41 Å². The molecule has 2 saturated heterocycles. The molecular formula is C20H27F3N2O2S. The van der Waals surface area contributed by atoms with Crippen LogP contribution in [0.4, 0.5) is 13.2 Å². The molecule has 8 heteroatoms. The smallest absolute Gasteiger partial charge is 0.300 e. The number of hydrogen-bond donors (Lipinski definition) is 0. The number of rotatable bonds is 2. The minimum atomic E-state index is -4.34. The van der Waals surface area contributed by atoms with E-state index in [9.17, 15) is 21.6 Å². The molecule has 1 aliphatic carbocycles. The zero-order valence-corrected chi connectivity index (χ0v) is 16.7. The first-order valence-corrected chi connectivity index (χ1v) is 12.0. The number of likely N-dealkylation sites (tertiary alicyclic amines) is 1. The second-order valence-electron chi connectivity index (χ2n) is 8.85. The highest BCUT2D eigenvalue weighted by atomic mass is 32.2. The van der Waals surface area contributed by atoms with E-state index in [0.29, 0.717) is 17.5 Å². The molecule has 1 spiro atoms. The summed E-state index contributed by atoms with van der Waals surface area (Å²) in [4.78, 5) is 6.62. The minimum Gasteiger partial charge on any atom is -0.300 e. The molecular weight excluding hydrogens is 389 g/mol. The van der Waals surface area contributed by atoms with Crippen molar-refractivity contribution in [3.63, 3.8) is 0 Å². The Labute approximate surface area is 164 Å². The molecule has 0 aromatic carbocycles. The van der Waals surface area contributed by atoms with E-state index >= 15 is 0 Å². The maximum atomic E-state index is 12.7. The number of halogens is 3. The Bertz CT molecular complexity index is 786. The molecule has 0 N–H and O–H groups in total. The van der Waals surface area contributed by atoms with Crippen LogP contribution >= 0.6 is 0 Å². The van der Waals surface area contributed by atoms with Gasteiger partial charge < -0.3 is 0 Å². The second-order valence-corrected chi connectivity index (χ2v) is 11.2. The van der Waals surface area contributed by atoms with Gasteiger partial charge in [-0.2, -0.15) is 13.2 Å². The summed E-state index contributed by atoms with van der Waals surface area (Å²) >= 11 is 0. The van der Waals surface area contributed by atoms with Crippen LogP contribution in [-0.4, -0.2) is 48.9 Å². The Kier molecular flexibility index (Phi) is 5.23. The van der Waals surface area contributed by atoms with Crippen LogP contribution in [0.25, 0.3) is 0 Å². The Morgan fingerprint density at radius 1 is 1.04 bits per heavy atom. The van der Waals surface area contributed by atoms with E-state index in [0.717, 1.165) is 76.0 Å². The molecule has 1 aromatic rings. The fraction of sp³-hybridized carbons (Fsp3) is 0.750. The van der Waals surface area contributed by atoms with Crippen LogP contribution < -0.4 is 0 Å². The van der Waals surface area contributed by atoms with Crippen molar-refractivity contribution >= 4 is 9.84 Å². The zero-order chi connectivity index (χ0) is 20.0. The Morgan fingerprint density at radius 3 is 2.29 bits per heavy atom. The molecule has 4 rings (SSSR count). The molecule has 0 amide bonds. The van der Waals surface area contributed by atoms with Gasteiger partial charge in [-0.25, -0.2) is 8.42 Å². The van der Waals surface area contributed by atoms with Gasteiger partial charge in [-0.3, -0.25) is 9.88 Å². The molecule has 2 aliphatic heterocycles. The maximum Gasteiger partial charge on any atom is 0.417 e. The van der Waals surface area contributed by atoms with Crippen LogP contribution in [0.1, 0.15) is 62.1 Å². The van der Waals surface area contributed by atoms with E-state index in [2.05, 4.69) is 9.88 Å².